The van der Waals surface area contributed by atoms with Gasteiger partial charge in [-0.15, -0.1) is 24.0 Å². The van der Waals surface area contributed by atoms with Gasteiger partial charge in [-0.2, -0.15) is 0 Å². The number of methoxy groups -OCH3 is 1. The molecular formula is C21H35IN4O. The number of halogens is 1. The van der Waals surface area contributed by atoms with Gasteiger partial charge in [0.15, 0.2) is 5.96 Å². The van der Waals surface area contributed by atoms with Crippen LogP contribution in [0.15, 0.2) is 23.2 Å². The smallest absolute Gasteiger partial charge is 0.191 e. The van der Waals surface area contributed by atoms with Crippen LogP contribution >= 0.6 is 24.0 Å². The van der Waals surface area contributed by atoms with Crippen molar-refractivity contribution in [3.8, 4) is 0 Å². The monoisotopic (exact) mass is 486 g/mol. The molecule has 0 aromatic heterocycles. The Morgan fingerprint density at radius 2 is 2.07 bits per heavy atom. The van der Waals surface area contributed by atoms with Crippen LogP contribution in [0.4, 0.5) is 5.69 Å². The summed E-state index contributed by atoms with van der Waals surface area (Å²) in [6.07, 6.45) is 7.47. The van der Waals surface area contributed by atoms with E-state index in [2.05, 4.69) is 45.8 Å². The Morgan fingerprint density at radius 1 is 1.26 bits per heavy atom. The van der Waals surface area contributed by atoms with Crippen molar-refractivity contribution >= 4 is 35.6 Å². The SMILES string of the molecule is CN=C(NCc1ccc2c(c1)CCCN2C)NCC1(CCOC)CCC1.I. The first-order chi connectivity index (χ1) is 12.7. The van der Waals surface area contributed by atoms with Crippen molar-refractivity contribution in [3.63, 3.8) is 0 Å². The van der Waals surface area contributed by atoms with Crippen molar-refractivity contribution < 1.29 is 4.74 Å². The highest BCUT2D eigenvalue weighted by Gasteiger charge is 2.36. The molecule has 1 heterocycles. The normalized spacial score (nSPS) is 18.2. The van der Waals surface area contributed by atoms with Gasteiger partial charge in [0.1, 0.15) is 0 Å². The number of nitrogens with one attached hydrogen (secondary N) is 2. The van der Waals surface area contributed by atoms with E-state index in [1.807, 2.05) is 7.05 Å². The number of nitrogens with zero attached hydrogens (tertiary/aromatic N) is 2. The maximum absolute atomic E-state index is 5.29. The summed E-state index contributed by atoms with van der Waals surface area (Å²) in [6, 6.07) is 6.83. The Labute approximate surface area is 181 Å². The maximum Gasteiger partial charge on any atom is 0.191 e. The lowest BCUT2D eigenvalue weighted by molar-refractivity contribution is 0.0732. The first kappa shape index (κ1) is 22.3. The van der Waals surface area contributed by atoms with Crippen LogP contribution in [0.5, 0.6) is 0 Å². The van der Waals surface area contributed by atoms with Gasteiger partial charge in [-0.3, -0.25) is 4.99 Å². The number of benzene rings is 1. The molecule has 0 atom stereocenters. The second-order valence-corrected chi connectivity index (χ2v) is 7.86. The Morgan fingerprint density at radius 3 is 2.74 bits per heavy atom. The summed E-state index contributed by atoms with van der Waals surface area (Å²) < 4.78 is 5.29. The quantitative estimate of drug-likeness (QED) is 0.352. The number of rotatable bonds is 7. The Balaban J connectivity index is 0.00000261. The Hall–Kier alpha value is -1.02. The van der Waals surface area contributed by atoms with Gasteiger partial charge in [0.25, 0.3) is 0 Å². The molecule has 0 saturated heterocycles. The van der Waals surface area contributed by atoms with Gasteiger partial charge in [0.05, 0.1) is 0 Å². The zero-order valence-electron chi connectivity index (χ0n) is 17.0. The third-order valence-corrected chi connectivity index (χ3v) is 6.06. The summed E-state index contributed by atoms with van der Waals surface area (Å²) in [6.45, 7) is 3.79. The van der Waals surface area contributed by atoms with E-state index in [0.29, 0.717) is 5.41 Å². The second kappa shape index (κ2) is 10.5. The minimum atomic E-state index is 0. The maximum atomic E-state index is 5.29. The minimum absolute atomic E-state index is 0. The number of hydrogen-bond donors (Lipinski definition) is 2. The molecule has 1 aromatic rings. The minimum Gasteiger partial charge on any atom is -0.385 e. The van der Waals surface area contributed by atoms with Gasteiger partial charge in [0.2, 0.25) is 0 Å². The van der Waals surface area contributed by atoms with E-state index >= 15 is 0 Å². The average molecular weight is 486 g/mol. The number of fused-ring (bicyclic) bond motifs is 1. The standard InChI is InChI=1S/C21H34N4O.HI/c1-22-20(24-16-21(9-5-10-21)11-13-26-3)23-15-17-7-8-19-18(14-17)6-4-12-25(19)2;/h7-8,14H,4-6,9-13,15-16H2,1-3H3,(H2,22,23,24);1H. The molecule has 0 unspecified atom stereocenters. The molecule has 0 radical (unpaired) electrons. The highest BCUT2D eigenvalue weighted by molar-refractivity contribution is 14.0. The van der Waals surface area contributed by atoms with Gasteiger partial charge < -0.3 is 20.3 Å². The lowest BCUT2D eigenvalue weighted by atomic mass is 9.67. The van der Waals surface area contributed by atoms with Crippen LogP contribution in [0.3, 0.4) is 0 Å². The molecule has 3 rings (SSSR count). The largest absolute Gasteiger partial charge is 0.385 e. The zero-order valence-corrected chi connectivity index (χ0v) is 19.3. The summed E-state index contributed by atoms with van der Waals surface area (Å²) in [7, 11) is 5.82. The van der Waals surface area contributed by atoms with Gasteiger partial charge >= 0.3 is 0 Å². The Bertz CT molecular complexity index is 631. The number of anilines is 1. The van der Waals surface area contributed by atoms with Gasteiger partial charge in [-0.1, -0.05) is 18.6 Å². The first-order valence-electron chi connectivity index (χ1n) is 9.92. The lowest BCUT2D eigenvalue weighted by Gasteiger charge is -2.42. The number of guanidine groups is 1. The van der Waals surface area contributed by atoms with E-state index in [9.17, 15) is 0 Å². The number of ether oxygens (including phenoxy) is 1. The van der Waals surface area contributed by atoms with E-state index in [0.717, 1.165) is 38.6 Å². The van der Waals surface area contributed by atoms with Crippen LogP contribution in [0.25, 0.3) is 0 Å². The fourth-order valence-corrected chi connectivity index (χ4v) is 4.14. The van der Waals surface area contributed by atoms with E-state index in [-0.39, 0.29) is 24.0 Å². The van der Waals surface area contributed by atoms with Gasteiger partial charge in [0, 0.05) is 53.1 Å². The average Bonchev–Trinajstić information content (AvgIpc) is 2.63. The summed E-state index contributed by atoms with van der Waals surface area (Å²) in [5.41, 5.74) is 4.56. The second-order valence-electron chi connectivity index (χ2n) is 7.86. The molecule has 2 N–H and O–H groups in total. The van der Waals surface area contributed by atoms with Crippen LogP contribution < -0.4 is 15.5 Å². The van der Waals surface area contributed by atoms with Crippen molar-refractivity contribution in [2.75, 3.05) is 45.8 Å². The third-order valence-electron chi connectivity index (χ3n) is 6.06. The molecule has 1 fully saturated rings. The van der Waals surface area contributed by atoms with Crippen LogP contribution in [0.2, 0.25) is 0 Å². The van der Waals surface area contributed by atoms with Crippen molar-refractivity contribution in [2.24, 2.45) is 10.4 Å². The summed E-state index contributed by atoms with van der Waals surface area (Å²) in [4.78, 5) is 6.76. The van der Waals surface area contributed by atoms with E-state index < -0.39 is 0 Å². The summed E-state index contributed by atoms with van der Waals surface area (Å²) >= 11 is 0. The topological polar surface area (TPSA) is 48.9 Å². The molecule has 2 aliphatic rings. The fourth-order valence-electron chi connectivity index (χ4n) is 4.14. The highest BCUT2D eigenvalue weighted by atomic mass is 127. The molecule has 5 nitrogen and oxygen atoms in total. The van der Waals surface area contributed by atoms with Crippen molar-refractivity contribution in [3.05, 3.63) is 29.3 Å². The molecule has 27 heavy (non-hydrogen) atoms. The highest BCUT2D eigenvalue weighted by Crippen LogP contribution is 2.43. The van der Waals surface area contributed by atoms with Crippen molar-refractivity contribution in [1.82, 2.24) is 10.6 Å². The molecule has 0 bridgehead atoms. The van der Waals surface area contributed by atoms with Crippen molar-refractivity contribution in [1.29, 1.82) is 0 Å². The summed E-state index contributed by atoms with van der Waals surface area (Å²) in [5, 5.41) is 7.01. The molecule has 1 saturated carbocycles. The zero-order chi connectivity index (χ0) is 18.4. The molecule has 0 amide bonds. The fraction of sp³-hybridized carbons (Fsp3) is 0.667. The van der Waals surface area contributed by atoms with Gasteiger partial charge in [-0.25, -0.2) is 0 Å². The van der Waals surface area contributed by atoms with E-state index in [1.165, 1.54) is 48.9 Å². The van der Waals surface area contributed by atoms with Crippen LogP contribution in [0.1, 0.15) is 43.2 Å². The van der Waals surface area contributed by atoms with Crippen LogP contribution in [-0.4, -0.2) is 46.9 Å². The first-order valence-corrected chi connectivity index (χ1v) is 9.92. The molecule has 0 spiro atoms. The molecular weight excluding hydrogens is 451 g/mol. The van der Waals surface area contributed by atoms with Gasteiger partial charge in [-0.05, 0) is 54.7 Å². The van der Waals surface area contributed by atoms with Crippen LogP contribution in [0, 0.1) is 5.41 Å². The molecule has 1 aliphatic carbocycles. The van der Waals surface area contributed by atoms with Crippen molar-refractivity contribution in [2.45, 2.75) is 45.1 Å². The van der Waals surface area contributed by atoms with E-state index in [4.69, 9.17) is 4.74 Å². The summed E-state index contributed by atoms with van der Waals surface area (Å²) in [5.74, 6) is 0.892. The number of aliphatic imine (C=N–C) groups is 1. The number of aryl methyl sites for hydroxylation is 1. The molecule has 1 aromatic carbocycles. The molecule has 152 valence electrons. The predicted molar refractivity (Wildman–Crippen MR) is 124 cm³/mol. The number of hydrogen-bond acceptors (Lipinski definition) is 3. The van der Waals surface area contributed by atoms with E-state index in [1.54, 1.807) is 7.11 Å². The third kappa shape index (κ3) is 5.73. The molecule has 6 heteroatoms. The van der Waals surface area contributed by atoms with Crippen LogP contribution in [-0.2, 0) is 17.7 Å². The Kier molecular flexibility index (Phi) is 8.66. The predicted octanol–water partition coefficient (Wildman–Crippen LogP) is 3.56. The lowest BCUT2D eigenvalue weighted by Crippen LogP contribution is -2.46. The molecule has 1 aliphatic heterocycles.